The van der Waals surface area contributed by atoms with Crippen LogP contribution in [0.2, 0.25) is 0 Å². The summed E-state index contributed by atoms with van der Waals surface area (Å²) in [6.07, 6.45) is 0. The highest BCUT2D eigenvalue weighted by molar-refractivity contribution is 7.26. The predicted molar refractivity (Wildman–Crippen MR) is 428 cm³/mol. The van der Waals surface area contributed by atoms with Crippen molar-refractivity contribution in [1.82, 2.24) is 0 Å². The van der Waals surface area contributed by atoms with E-state index in [9.17, 15) is 0 Å². The van der Waals surface area contributed by atoms with Crippen molar-refractivity contribution in [2.45, 2.75) is 0 Å². The van der Waals surface area contributed by atoms with Gasteiger partial charge in [-0.3, -0.25) is 0 Å². The molecule has 0 fully saturated rings. The summed E-state index contributed by atoms with van der Waals surface area (Å²) in [5, 5.41) is 19.2. The van der Waals surface area contributed by atoms with Crippen LogP contribution in [0.4, 0.5) is 34.1 Å². The number of thiophene rings is 1. The minimum Gasteiger partial charge on any atom is -0.456 e. The zero-order valence-corrected chi connectivity index (χ0v) is 55.2. The Hall–Kier alpha value is -12.9. The quantitative estimate of drug-likeness (QED) is 0.120. The van der Waals surface area contributed by atoms with Crippen LogP contribution in [0.25, 0.3) is 162 Å². The van der Waals surface area contributed by atoms with Gasteiger partial charge in [0.05, 0.1) is 28.4 Å². The molecule has 20 rings (SSSR count). The highest BCUT2D eigenvalue weighted by Gasteiger charge is 2.28. The minimum atomic E-state index is 0.820. The zero-order chi connectivity index (χ0) is 65.8. The van der Waals surface area contributed by atoms with Crippen molar-refractivity contribution >= 4 is 152 Å². The Morgan fingerprint density at radius 2 is 0.600 bits per heavy atom. The number of benzene rings is 18. The SMILES string of the molecule is c1ccc(N(c2ccc3c(c2)oc2ccc(-c4ccc5c(c4)sc4cccc(N(c6ccccc6-c6cccc7ccccc67)c6ccccc6-c6cc7ccccc7c7ccccc67)c45)cc23)c2ccccc2-c2cc3ccccc3c3ccccc23)c(-c2cccc3ccccc23)c1. The lowest BCUT2D eigenvalue weighted by molar-refractivity contribution is 0.669. The molecule has 0 N–H and O–H groups in total. The number of hydrogen-bond acceptors (Lipinski definition) is 4. The lowest BCUT2D eigenvalue weighted by atomic mass is 9.91. The average Bonchev–Trinajstić information content (AvgIpc) is 1.30. The average molecular weight is 1290 g/mol. The molecule has 20 aromatic rings. The van der Waals surface area contributed by atoms with Crippen LogP contribution in [0.3, 0.4) is 0 Å². The van der Waals surface area contributed by atoms with Gasteiger partial charge in [0.25, 0.3) is 0 Å². The Labute approximate surface area is 582 Å². The van der Waals surface area contributed by atoms with Gasteiger partial charge >= 0.3 is 0 Å². The number of hydrogen-bond donors (Lipinski definition) is 0. The number of fused-ring (bicyclic) bond motifs is 14. The van der Waals surface area contributed by atoms with Crippen LogP contribution in [-0.4, -0.2) is 0 Å². The molecule has 4 heteroatoms. The minimum absolute atomic E-state index is 0.820. The summed E-state index contributed by atoms with van der Waals surface area (Å²) in [5.41, 5.74) is 19.7. The highest BCUT2D eigenvalue weighted by atomic mass is 32.1. The summed E-state index contributed by atoms with van der Waals surface area (Å²) < 4.78 is 9.47. The molecule has 100 heavy (non-hydrogen) atoms. The molecule has 0 spiro atoms. The normalized spacial score (nSPS) is 11.8. The van der Waals surface area contributed by atoms with Crippen molar-refractivity contribution in [3.63, 3.8) is 0 Å². The Balaban J connectivity index is 0.734. The first-order valence-corrected chi connectivity index (χ1v) is 35.1. The third-order valence-electron chi connectivity index (χ3n) is 20.6. The van der Waals surface area contributed by atoms with Gasteiger partial charge in [0.1, 0.15) is 11.2 Å². The van der Waals surface area contributed by atoms with Crippen LogP contribution < -0.4 is 9.80 Å². The van der Waals surface area contributed by atoms with E-state index >= 15 is 0 Å². The van der Waals surface area contributed by atoms with E-state index in [1.807, 2.05) is 11.3 Å². The van der Waals surface area contributed by atoms with E-state index in [-0.39, 0.29) is 0 Å². The van der Waals surface area contributed by atoms with E-state index in [2.05, 4.69) is 374 Å². The molecule has 0 amide bonds. The molecule has 0 aliphatic carbocycles. The number of anilines is 6. The maximum atomic E-state index is 7.02. The molecule has 0 saturated carbocycles. The van der Waals surface area contributed by atoms with Crippen LogP contribution >= 0.6 is 11.3 Å². The van der Waals surface area contributed by atoms with E-state index in [0.29, 0.717) is 0 Å². The maximum Gasteiger partial charge on any atom is 0.137 e. The number of rotatable bonds is 11. The monoisotopic (exact) mass is 1290 g/mol. The Bertz CT molecular complexity index is 6700. The first kappa shape index (κ1) is 57.4. The second kappa shape index (κ2) is 23.5. The zero-order valence-electron chi connectivity index (χ0n) is 54.4. The van der Waals surface area contributed by atoms with Gasteiger partial charge in [0.2, 0.25) is 0 Å². The number of furan rings is 1. The van der Waals surface area contributed by atoms with Crippen molar-refractivity contribution < 1.29 is 4.42 Å². The highest BCUT2D eigenvalue weighted by Crippen LogP contribution is 2.53. The third kappa shape index (κ3) is 9.33. The van der Waals surface area contributed by atoms with E-state index < -0.39 is 0 Å². The van der Waals surface area contributed by atoms with Crippen molar-refractivity contribution in [3.05, 3.63) is 364 Å². The smallest absolute Gasteiger partial charge is 0.137 e. The van der Waals surface area contributed by atoms with Gasteiger partial charge in [-0.2, -0.15) is 0 Å². The standard InChI is InChI=1S/C96H60N2OS/c1-5-30-68-61(24-1)28-21-42-74(68)78-38-13-17-44-87(78)97(88-45-18-15-40-80(88)84-57-65-26-3-7-32-70(65)72-34-9-11-36-76(72)84)67-52-54-82-86-56-63(51-55-92(86)99-93(82)60-67)64-50-53-83-95(59-64)100-94-49-23-48-91(96(83)94)98(89-46-19-14-39-79(89)75-43-22-29-62-25-2-6-31-69(62)75)90-47-20-16-41-81(90)85-58-66-27-4-8-33-71(66)73-35-10-12-37-77(73)85/h1-60H. The lowest BCUT2D eigenvalue weighted by Gasteiger charge is -2.31. The molecule has 0 bridgehead atoms. The van der Waals surface area contributed by atoms with Crippen LogP contribution in [-0.2, 0) is 0 Å². The van der Waals surface area contributed by atoms with Crippen molar-refractivity contribution in [3.8, 4) is 55.6 Å². The van der Waals surface area contributed by atoms with E-state index in [1.54, 1.807) is 0 Å². The maximum absolute atomic E-state index is 7.02. The van der Waals surface area contributed by atoms with E-state index in [4.69, 9.17) is 4.42 Å². The van der Waals surface area contributed by atoms with Crippen molar-refractivity contribution in [1.29, 1.82) is 0 Å². The summed E-state index contributed by atoms with van der Waals surface area (Å²) in [4.78, 5) is 5.01. The summed E-state index contributed by atoms with van der Waals surface area (Å²) in [6.45, 7) is 0. The van der Waals surface area contributed by atoms with Gasteiger partial charge in [0.15, 0.2) is 0 Å². The molecule has 0 atom stereocenters. The van der Waals surface area contributed by atoms with Gasteiger partial charge in [-0.05, 0) is 177 Å². The number of nitrogens with zero attached hydrogens (tertiary/aromatic N) is 2. The predicted octanol–water partition coefficient (Wildman–Crippen LogP) is 28.1. The van der Waals surface area contributed by atoms with Crippen LogP contribution in [0, 0.1) is 0 Å². The largest absolute Gasteiger partial charge is 0.456 e. The molecule has 3 nitrogen and oxygen atoms in total. The van der Waals surface area contributed by atoms with Crippen LogP contribution in [0.15, 0.2) is 368 Å². The second-order valence-electron chi connectivity index (χ2n) is 26.1. The molecule has 18 aromatic carbocycles. The molecule has 466 valence electrons. The lowest BCUT2D eigenvalue weighted by Crippen LogP contribution is -2.13. The molecule has 0 aliphatic heterocycles. The van der Waals surface area contributed by atoms with Gasteiger partial charge < -0.3 is 14.2 Å². The topological polar surface area (TPSA) is 19.6 Å². The van der Waals surface area contributed by atoms with Gasteiger partial charge in [-0.25, -0.2) is 0 Å². The van der Waals surface area contributed by atoms with E-state index in [1.165, 1.54) is 107 Å². The first-order valence-electron chi connectivity index (χ1n) is 34.3. The fourth-order valence-electron chi connectivity index (χ4n) is 16.1. The van der Waals surface area contributed by atoms with Gasteiger partial charge in [-0.1, -0.05) is 279 Å². The van der Waals surface area contributed by atoms with Gasteiger partial charge in [-0.15, -0.1) is 11.3 Å². The Kier molecular flexibility index (Phi) is 13.5. The summed E-state index contributed by atoms with van der Waals surface area (Å²) in [6, 6.07) is 134. The van der Waals surface area contributed by atoms with Crippen LogP contribution in [0.1, 0.15) is 0 Å². The molecular weight excluding hydrogens is 1230 g/mol. The molecule has 0 radical (unpaired) electrons. The van der Waals surface area contributed by atoms with Crippen molar-refractivity contribution in [2.75, 3.05) is 9.80 Å². The molecular formula is C96H60N2OS. The fourth-order valence-corrected chi connectivity index (χ4v) is 17.3. The summed E-state index contributed by atoms with van der Waals surface area (Å²) in [5.74, 6) is 0. The van der Waals surface area contributed by atoms with E-state index in [0.717, 1.165) is 89.4 Å². The fraction of sp³-hybridized carbons (Fsp3) is 0. The molecule has 0 unspecified atom stereocenters. The molecule has 0 aliphatic rings. The number of para-hydroxylation sites is 4. The molecule has 0 saturated heterocycles. The van der Waals surface area contributed by atoms with Crippen LogP contribution in [0.5, 0.6) is 0 Å². The first-order chi connectivity index (χ1) is 49.6. The molecule has 2 heterocycles. The third-order valence-corrected chi connectivity index (χ3v) is 21.7. The summed E-state index contributed by atoms with van der Waals surface area (Å²) in [7, 11) is 0. The second-order valence-corrected chi connectivity index (χ2v) is 27.2. The summed E-state index contributed by atoms with van der Waals surface area (Å²) >= 11 is 1.86. The van der Waals surface area contributed by atoms with Crippen molar-refractivity contribution in [2.24, 2.45) is 0 Å². The van der Waals surface area contributed by atoms with Gasteiger partial charge in [0, 0.05) is 65.0 Å². The molecule has 2 aromatic heterocycles. The Morgan fingerprint density at radius 3 is 1.16 bits per heavy atom. The Morgan fingerprint density at radius 1 is 0.200 bits per heavy atom.